The van der Waals surface area contributed by atoms with Crippen molar-refractivity contribution >= 4 is 42.5 Å². The molecule has 0 atom stereocenters. The first kappa shape index (κ1) is 31.4. The number of amidine groups is 2. The molecule has 0 bridgehead atoms. The van der Waals surface area contributed by atoms with E-state index in [-0.39, 0.29) is 36.5 Å². The summed E-state index contributed by atoms with van der Waals surface area (Å²) in [4.78, 5) is 10.0. The molecule has 0 aliphatic heterocycles. The SMILES string of the molecule is CC(C)(/N=N/C(C)(C)C(=N)N)C(=N)N.CC(C)(C#N)/N=N/C(N)=O.Cl.Cl. The Bertz CT molecular complexity index is 562. The third kappa shape index (κ3) is 14.1. The number of urea groups is 1. The van der Waals surface area contributed by atoms with Gasteiger partial charge in [0.2, 0.25) is 0 Å². The monoisotopic (exact) mass is 410 g/mol. The zero-order valence-electron chi connectivity index (χ0n) is 15.7. The summed E-state index contributed by atoms with van der Waals surface area (Å²) < 4.78 is 0. The number of nitrogens with zero attached hydrogens (tertiary/aromatic N) is 5. The predicted molar refractivity (Wildman–Crippen MR) is 105 cm³/mol. The number of carbonyl (C=O) groups excluding carboxylic acids is 1. The molecule has 0 radical (unpaired) electrons. The van der Waals surface area contributed by atoms with Gasteiger partial charge in [0.25, 0.3) is 0 Å². The normalized spacial score (nSPS) is 11.4. The van der Waals surface area contributed by atoms with Crippen molar-refractivity contribution in [3.05, 3.63) is 0 Å². The van der Waals surface area contributed by atoms with Crippen molar-refractivity contribution in [1.82, 2.24) is 0 Å². The maximum atomic E-state index is 10.0. The molecular weight excluding hydrogens is 383 g/mol. The number of nitrogens with one attached hydrogen (secondary N) is 2. The fourth-order valence-corrected chi connectivity index (χ4v) is 0.554. The molecule has 0 saturated heterocycles. The van der Waals surface area contributed by atoms with E-state index >= 15 is 0 Å². The second-order valence-corrected chi connectivity index (χ2v) is 6.35. The summed E-state index contributed by atoms with van der Waals surface area (Å²) in [5.41, 5.74) is 12.6. The van der Waals surface area contributed by atoms with Crippen LogP contribution in [-0.4, -0.2) is 34.3 Å². The van der Waals surface area contributed by atoms with E-state index in [1.165, 1.54) is 13.8 Å². The van der Waals surface area contributed by atoms with Crippen LogP contribution in [-0.2, 0) is 0 Å². The van der Waals surface area contributed by atoms with E-state index in [4.69, 9.17) is 27.5 Å². The first-order chi connectivity index (χ1) is 10.6. The van der Waals surface area contributed by atoms with Crippen molar-refractivity contribution < 1.29 is 4.79 Å². The molecule has 0 heterocycles. The lowest BCUT2D eigenvalue weighted by Gasteiger charge is -2.20. The molecule has 0 aromatic rings. The van der Waals surface area contributed by atoms with Gasteiger partial charge in [0, 0.05) is 0 Å². The van der Waals surface area contributed by atoms with E-state index in [1.807, 2.05) is 6.07 Å². The Morgan fingerprint density at radius 3 is 1.35 bits per heavy atom. The van der Waals surface area contributed by atoms with Crippen LogP contribution in [0.4, 0.5) is 4.79 Å². The van der Waals surface area contributed by atoms with Crippen LogP contribution in [0.3, 0.4) is 0 Å². The molecule has 0 spiro atoms. The first-order valence-electron chi connectivity index (χ1n) is 6.84. The summed E-state index contributed by atoms with van der Waals surface area (Å²) in [5.74, 6) is -0.138. The summed E-state index contributed by atoms with van der Waals surface area (Å²) in [5, 5.41) is 37.0. The average Bonchev–Trinajstić information content (AvgIpc) is 2.44. The van der Waals surface area contributed by atoms with Gasteiger partial charge in [0.1, 0.15) is 22.7 Å². The van der Waals surface area contributed by atoms with E-state index < -0.39 is 22.6 Å². The Kier molecular flexibility index (Phi) is 14.6. The Hall–Kier alpha value is -2.32. The molecule has 0 aromatic heterocycles. The van der Waals surface area contributed by atoms with Gasteiger partial charge in [0.05, 0.1) is 6.07 Å². The van der Waals surface area contributed by atoms with Crippen LogP contribution in [0.25, 0.3) is 0 Å². The van der Waals surface area contributed by atoms with E-state index in [0.717, 1.165) is 0 Å². The van der Waals surface area contributed by atoms with Gasteiger partial charge in [-0.1, -0.05) is 5.11 Å². The van der Waals surface area contributed by atoms with Crippen LogP contribution < -0.4 is 17.2 Å². The molecule has 11 nitrogen and oxygen atoms in total. The highest BCUT2D eigenvalue weighted by atomic mass is 35.5. The summed E-state index contributed by atoms with van der Waals surface area (Å²) >= 11 is 0. The molecule has 0 rings (SSSR count). The molecule has 13 heteroatoms. The van der Waals surface area contributed by atoms with Crippen molar-refractivity contribution in [3.8, 4) is 6.07 Å². The standard InChI is InChI=1S/C8H18N6.C5H8N4O.2ClH/c1-7(2,5(9)10)13-14-8(3,4)6(11)12;1-5(2,3-6)9-8-4(7)10;;/h1-4H3,(H3,9,10)(H3,11,12);1-2H3,(H2,7,10);2*1H/b14-13+;9-8+;;. The quantitative estimate of drug-likeness (QED) is 0.261. The lowest BCUT2D eigenvalue weighted by atomic mass is 10.1. The zero-order valence-corrected chi connectivity index (χ0v) is 17.3. The highest BCUT2D eigenvalue weighted by Crippen LogP contribution is 2.15. The highest BCUT2D eigenvalue weighted by molar-refractivity contribution is 5.87. The van der Waals surface area contributed by atoms with Gasteiger partial charge in [-0.2, -0.15) is 20.6 Å². The van der Waals surface area contributed by atoms with E-state index in [2.05, 4.69) is 26.2 Å². The first-order valence-corrected chi connectivity index (χ1v) is 6.84. The number of amides is 2. The van der Waals surface area contributed by atoms with Crippen LogP contribution in [0.1, 0.15) is 41.5 Å². The smallest absolute Gasteiger partial charge is 0.356 e. The van der Waals surface area contributed by atoms with E-state index in [9.17, 15) is 4.79 Å². The predicted octanol–water partition coefficient (Wildman–Crippen LogP) is 2.53. The summed E-state index contributed by atoms with van der Waals surface area (Å²) in [7, 11) is 0. The minimum absolute atomic E-state index is 0. The Morgan fingerprint density at radius 2 is 1.15 bits per heavy atom. The molecule has 0 aliphatic rings. The Balaban J connectivity index is -0.000000181. The van der Waals surface area contributed by atoms with Crippen molar-refractivity contribution in [1.29, 1.82) is 16.1 Å². The molecule has 0 fully saturated rings. The number of hydrogen-bond donors (Lipinski definition) is 5. The number of azo groups is 2. The lowest BCUT2D eigenvalue weighted by Crippen LogP contribution is -2.38. The van der Waals surface area contributed by atoms with Gasteiger partial charge in [-0.15, -0.1) is 24.8 Å². The molecular formula is C13H28Cl2N10O. The van der Waals surface area contributed by atoms with E-state index in [1.54, 1.807) is 27.7 Å². The number of halogens is 2. The zero-order chi connectivity index (χ0) is 19.8. The molecule has 0 unspecified atom stereocenters. The third-order valence-corrected chi connectivity index (χ3v) is 2.54. The third-order valence-electron chi connectivity index (χ3n) is 2.54. The maximum absolute atomic E-state index is 10.0. The average molecular weight is 411 g/mol. The number of nitriles is 1. The van der Waals surface area contributed by atoms with Gasteiger partial charge < -0.3 is 17.2 Å². The van der Waals surface area contributed by atoms with Crippen LogP contribution in [0, 0.1) is 22.1 Å². The fraction of sp³-hybridized carbons (Fsp3) is 0.692. The van der Waals surface area contributed by atoms with Crippen LogP contribution in [0.15, 0.2) is 20.5 Å². The number of carbonyl (C=O) groups is 1. The highest BCUT2D eigenvalue weighted by Gasteiger charge is 2.25. The fourth-order valence-electron chi connectivity index (χ4n) is 0.554. The van der Waals surface area contributed by atoms with Crippen molar-refractivity contribution in [2.45, 2.75) is 58.2 Å². The van der Waals surface area contributed by atoms with Gasteiger partial charge in [-0.05, 0) is 41.5 Å². The van der Waals surface area contributed by atoms with Gasteiger partial charge in [0.15, 0.2) is 5.54 Å². The van der Waals surface area contributed by atoms with Crippen molar-refractivity contribution in [3.63, 3.8) is 0 Å². The van der Waals surface area contributed by atoms with Gasteiger partial charge in [-0.3, -0.25) is 10.8 Å². The minimum atomic E-state index is -0.963. The van der Waals surface area contributed by atoms with Crippen LogP contribution >= 0.6 is 24.8 Å². The molecule has 150 valence electrons. The summed E-state index contributed by atoms with van der Waals surface area (Å²) in [6.45, 7) is 9.76. The lowest BCUT2D eigenvalue weighted by molar-refractivity contribution is 0.254. The number of hydrogen-bond acceptors (Lipinski definition) is 7. The molecule has 2 amide bonds. The molecule has 8 N–H and O–H groups in total. The van der Waals surface area contributed by atoms with Crippen molar-refractivity contribution in [2.75, 3.05) is 0 Å². The maximum Gasteiger partial charge on any atom is 0.356 e. The van der Waals surface area contributed by atoms with Crippen molar-refractivity contribution in [2.24, 2.45) is 37.7 Å². The van der Waals surface area contributed by atoms with Crippen LogP contribution in [0.5, 0.6) is 0 Å². The number of rotatable bonds is 5. The molecule has 0 aromatic carbocycles. The minimum Gasteiger partial charge on any atom is -0.386 e. The summed E-state index contributed by atoms with van der Waals surface area (Å²) in [6.07, 6.45) is 0. The number of nitrogens with two attached hydrogens (primary N) is 3. The second kappa shape index (κ2) is 12.1. The second-order valence-electron chi connectivity index (χ2n) is 6.35. The topological polar surface area (TPSA) is 216 Å². The molecule has 26 heavy (non-hydrogen) atoms. The van der Waals surface area contributed by atoms with Gasteiger partial charge >= 0.3 is 6.03 Å². The van der Waals surface area contributed by atoms with Gasteiger partial charge in [-0.25, -0.2) is 4.79 Å². The Morgan fingerprint density at radius 1 is 0.846 bits per heavy atom. The van der Waals surface area contributed by atoms with Crippen LogP contribution in [0.2, 0.25) is 0 Å². The largest absolute Gasteiger partial charge is 0.386 e. The number of primary amides is 1. The summed E-state index contributed by atoms with van der Waals surface area (Å²) in [6, 6.07) is 0.943. The Labute approximate surface area is 165 Å². The van der Waals surface area contributed by atoms with E-state index in [0.29, 0.717) is 0 Å². The molecule has 0 aliphatic carbocycles. The molecule has 0 saturated carbocycles.